The van der Waals surface area contributed by atoms with Crippen LogP contribution < -0.4 is 5.73 Å². The molecule has 1 aliphatic rings. The highest BCUT2D eigenvalue weighted by molar-refractivity contribution is 6.30. The Labute approximate surface area is 89.5 Å². The summed E-state index contributed by atoms with van der Waals surface area (Å²) in [6.45, 7) is 4.05. The highest BCUT2D eigenvalue weighted by atomic mass is 35.5. The Morgan fingerprint density at radius 1 is 1.57 bits per heavy atom. The number of halogens is 1. The monoisotopic (exact) mass is 210 g/mol. The Morgan fingerprint density at radius 2 is 2.21 bits per heavy atom. The van der Waals surface area contributed by atoms with Crippen LogP contribution in [-0.2, 0) is 5.41 Å². The van der Waals surface area contributed by atoms with Crippen molar-refractivity contribution in [3.05, 3.63) is 28.5 Å². The molecule has 0 aromatic carbocycles. The van der Waals surface area contributed by atoms with Gasteiger partial charge in [0.1, 0.15) is 5.15 Å². The molecule has 1 fully saturated rings. The normalized spacial score (nSPS) is 20.6. The molecular formula is C11H15ClN2. The number of hydrogen-bond donors (Lipinski definition) is 1. The predicted molar refractivity (Wildman–Crippen MR) is 58.5 cm³/mol. The second-order valence-electron chi connectivity index (χ2n) is 4.28. The van der Waals surface area contributed by atoms with Crippen molar-refractivity contribution < 1.29 is 0 Å². The molecule has 2 nitrogen and oxygen atoms in total. The predicted octanol–water partition coefficient (Wildman–Crippen LogP) is 2.42. The van der Waals surface area contributed by atoms with Gasteiger partial charge in [0.25, 0.3) is 0 Å². The van der Waals surface area contributed by atoms with Gasteiger partial charge < -0.3 is 5.73 Å². The van der Waals surface area contributed by atoms with Crippen molar-refractivity contribution in [3.8, 4) is 0 Å². The average Bonchev–Trinajstić information content (AvgIpc) is 2.90. The number of pyridine rings is 1. The minimum Gasteiger partial charge on any atom is -0.327 e. The molecule has 76 valence electrons. The van der Waals surface area contributed by atoms with Crippen LogP contribution in [0.1, 0.15) is 30.9 Å². The third-order valence-corrected chi connectivity index (χ3v) is 3.65. The lowest BCUT2D eigenvalue weighted by molar-refractivity contribution is 0.554. The van der Waals surface area contributed by atoms with Crippen LogP contribution >= 0.6 is 11.6 Å². The fourth-order valence-corrected chi connectivity index (χ4v) is 2.08. The maximum absolute atomic E-state index is 5.99. The van der Waals surface area contributed by atoms with E-state index in [-0.39, 0.29) is 11.5 Å². The second-order valence-corrected chi connectivity index (χ2v) is 4.63. The van der Waals surface area contributed by atoms with Gasteiger partial charge in [0, 0.05) is 17.7 Å². The smallest absolute Gasteiger partial charge is 0.131 e. The Hall–Kier alpha value is -0.600. The van der Waals surface area contributed by atoms with E-state index in [4.69, 9.17) is 17.3 Å². The van der Waals surface area contributed by atoms with Gasteiger partial charge in [-0.15, -0.1) is 0 Å². The third-order valence-electron chi connectivity index (χ3n) is 3.25. The first-order valence-electron chi connectivity index (χ1n) is 4.94. The average molecular weight is 211 g/mol. The van der Waals surface area contributed by atoms with Gasteiger partial charge in [-0.2, -0.15) is 0 Å². The number of nitrogens with zero attached hydrogens (tertiary/aromatic N) is 1. The maximum atomic E-state index is 5.99. The summed E-state index contributed by atoms with van der Waals surface area (Å²) in [7, 11) is 0. The van der Waals surface area contributed by atoms with Gasteiger partial charge in [0.15, 0.2) is 0 Å². The van der Waals surface area contributed by atoms with E-state index < -0.39 is 0 Å². The van der Waals surface area contributed by atoms with Gasteiger partial charge in [0.05, 0.1) is 0 Å². The zero-order chi connectivity index (χ0) is 10.3. The molecule has 1 aliphatic carbocycles. The molecule has 2 rings (SSSR count). The topological polar surface area (TPSA) is 38.9 Å². The molecule has 14 heavy (non-hydrogen) atoms. The highest BCUT2D eigenvalue weighted by Gasteiger charge is 2.47. The molecule has 0 saturated heterocycles. The van der Waals surface area contributed by atoms with Crippen molar-refractivity contribution in [2.45, 2.75) is 38.1 Å². The third kappa shape index (κ3) is 1.43. The maximum Gasteiger partial charge on any atom is 0.131 e. The standard InChI is InChI=1S/C11H15ClN2/c1-7-5-9(6-14-10(7)12)11(3-4-11)8(2)13/h5-6,8H,3-4,13H2,1-2H3. The van der Waals surface area contributed by atoms with Crippen molar-refractivity contribution in [1.29, 1.82) is 0 Å². The number of aryl methyl sites for hydroxylation is 1. The van der Waals surface area contributed by atoms with E-state index in [2.05, 4.69) is 18.0 Å². The lowest BCUT2D eigenvalue weighted by atomic mass is 9.90. The fraction of sp³-hybridized carbons (Fsp3) is 0.545. The van der Waals surface area contributed by atoms with Crippen molar-refractivity contribution in [2.75, 3.05) is 0 Å². The van der Waals surface area contributed by atoms with E-state index in [1.54, 1.807) is 0 Å². The summed E-state index contributed by atoms with van der Waals surface area (Å²) in [6.07, 6.45) is 4.21. The summed E-state index contributed by atoms with van der Waals surface area (Å²) in [5.74, 6) is 0. The zero-order valence-corrected chi connectivity index (χ0v) is 9.30. The van der Waals surface area contributed by atoms with Crippen LogP contribution in [0.3, 0.4) is 0 Å². The fourth-order valence-electron chi connectivity index (χ4n) is 1.97. The van der Waals surface area contributed by atoms with Gasteiger partial charge >= 0.3 is 0 Å². The number of hydrogen-bond acceptors (Lipinski definition) is 2. The molecule has 0 amide bonds. The molecule has 1 unspecified atom stereocenters. The van der Waals surface area contributed by atoms with Crippen molar-refractivity contribution in [3.63, 3.8) is 0 Å². The Balaban J connectivity index is 2.38. The number of nitrogens with two attached hydrogens (primary N) is 1. The Morgan fingerprint density at radius 3 is 2.64 bits per heavy atom. The Kier molecular flexibility index (Phi) is 2.28. The molecule has 1 heterocycles. The number of aromatic nitrogens is 1. The SMILES string of the molecule is Cc1cc(C2(C(C)N)CC2)cnc1Cl. The van der Waals surface area contributed by atoms with Crippen LogP contribution in [0.5, 0.6) is 0 Å². The van der Waals surface area contributed by atoms with Crippen molar-refractivity contribution in [2.24, 2.45) is 5.73 Å². The first-order chi connectivity index (χ1) is 6.56. The van der Waals surface area contributed by atoms with Crippen LogP contribution in [-0.4, -0.2) is 11.0 Å². The molecule has 0 bridgehead atoms. The minimum absolute atomic E-state index is 0.183. The van der Waals surface area contributed by atoms with Gasteiger partial charge in [-0.25, -0.2) is 4.98 Å². The van der Waals surface area contributed by atoms with Gasteiger partial charge in [-0.05, 0) is 37.8 Å². The van der Waals surface area contributed by atoms with Crippen LogP contribution in [0.2, 0.25) is 5.15 Å². The summed E-state index contributed by atoms with van der Waals surface area (Å²) < 4.78 is 0. The van der Waals surface area contributed by atoms with Crippen LogP contribution in [0, 0.1) is 6.92 Å². The molecule has 1 aromatic rings. The molecular weight excluding hydrogens is 196 g/mol. The lowest BCUT2D eigenvalue weighted by Gasteiger charge is -2.20. The lowest BCUT2D eigenvalue weighted by Crippen LogP contribution is -2.31. The van der Waals surface area contributed by atoms with E-state index in [1.807, 2.05) is 13.1 Å². The summed E-state index contributed by atoms with van der Waals surface area (Å²) in [4.78, 5) is 4.18. The molecule has 1 saturated carbocycles. The van der Waals surface area contributed by atoms with Gasteiger partial charge in [-0.1, -0.05) is 17.7 Å². The van der Waals surface area contributed by atoms with E-state index in [9.17, 15) is 0 Å². The molecule has 1 atom stereocenters. The zero-order valence-electron chi connectivity index (χ0n) is 8.55. The van der Waals surface area contributed by atoms with Gasteiger partial charge in [-0.3, -0.25) is 0 Å². The van der Waals surface area contributed by atoms with Crippen LogP contribution in [0.25, 0.3) is 0 Å². The first-order valence-corrected chi connectivity index (χ1v) is 5.32. The number of rotatable bonds is 2. The van der Waals surface area contributed by atoms with Crippen molar-refractivity contribution in [1.82, 2.24) is 4.98 Å². The van der Waals surface area contributed by atoms with E-state index >= 15 is 0 Å². The summed E-state index contributed by atoms with van der Waals surface area (Å²) in [5, 5.41) is 0.592. The molecule has 1 aromatic heterocycles. The first kappa shape index (κ1) is 9.94. The molecule has 0 spiro atoms. The van der Waals surface area contributed by atoms with Gasteiger partial charge in [0.2, 0.25) is 0 Å². The quantitative estimate of drug-likeness (QED) is 0.762. The highest BCUT2D eigenvalue weighted by Crippen LogP contribution is 2.50. The Bertz CT molecular complexity index is 356. The largest absolute Gasteiger partial charge is 0.327 e. The molecule has 0 radical (unpaired) electrons. The van der Waals surface area contributed by atoms with E-state index in [1.165, 1.54) is 18.4 Å². The minimum atomic E-state index is 0.183. The van der Waals surface area contributed by atoms with E-state index in [0.29, 0.717) is 5.15 Å². The summed E-state index contributed by atoms with van der Waals surface area (Å²) in [6, 6.07) is 2.32. The van der Waals surface area contributed by atoms with Crippen LogP contribution in [0.15, 0.2) is 12.3 Å². The van der Waals surface area contributed by atoms with Crippen LogP contribution in [0.4, 0.5) is 0 Å². The summed E-state index contributed by atoms with van der Waals surface area (Å²) in [5.41, 5.74) is 8.46. The van der Waals surface area contributed by atoms with Crippen molar-refractivity contribution >= 4 is 11.6 Å². The van der Waals surface area contributed by atoms with E-state index in [0.717, 1.165) is 5.56 Å². The molecule has 3 heteroatoms. The summed E-state index contributed by atoms with van der Waals surface area (Å²) >= 11 is 5.89. The molecule has 0 aliphatic heterocycles. The second kappa shape index (κ2) is 3.21. The molecule has 2 N–H and O–H groups in total.